The molecule has 2 unspecified atom stereocenters. The van der Waals surface area contributed by atoms with Gasteiger partial charge in [-0.3, -0.25) is 18.1 Å². The summed E-state index contributed by atoms with van der Waals surface area (Å²) in [7, 11) is -4.62. The summed E-state index contributed by atoms with van der Waals surface area (Å²) in [5, 5.41) is 0. The third-order valence-corrected chi connectivity index (χ3v) is 4.50. The van der Waals surface area contributed by atoms with E-state index in [0.717, 1.165) is 0 Å². The first kappa shape index (κ1) is 12.9. The summed E-state index contributed by atoms with van der Waals surface area (Å²) in [6.45, 7) is -5.52. The summed E-state index contributed by atoms with van der Waals surface area (Å²) in [5.41, 5.74) is -1.50. The Labute approximate surface area is 94.1 Å². The Morgan fingerprint density at radius 3 is 2.19 bits per heavy atom. The summed E-state index contributed by atoms with van der Waals surface area (Å²) in [5.74, 6) is 0. The van der Waals surface area contributed by atoms with Crippen LogP contribution >= 0.6 is 26.1 Å². The fraction of sp³-hybridized carbons (Fsp3) is 1.00. The van der Waals surface area contributed by atoms with Crippen LogP contribution < -0.4 is 0 Å². The van der Waals surface area contributed by atoms with E-state index in [9.17, 15) is 17.7 Å². The van der Waals surface area contributed by atoms with Gasteiger partial charge in [-0.05, 0) is 0 Å². The van der Waals surface area contributed by atoms with E-state index < -0.39 is 46.4 Å². The van der Waals surface area contributed by atoms with Crippen molar-refractivity contribution in [2.45, 2.75) is 6.36 Å². The summed E-state index contributed by atoms with van der Waals surface area (Å²) in [4.78, 5) is 0. The largest absolute Gasteiger partial charge is 0.513 e. The minimum absolute atomic E-state index is 0.436. The normalized spacial score (nSPS) is 54.1. The van der Waals surface area contributed by atoms with E-state index in [0.29, 0.717) is 0 Å². The van der Waals surface area contributed by atoms with Crippen LogP contribution in [0.3, 0.4) is 0 Å². The zero-order chi connectivity index (χ0) is 12.0. The molecule has 94 valence electrons. The molecule has 0 amide bonds. The van der Waals surface area contributed by atoms with Gasteiger partial charge in [-0.15, -0.1) is 4.20 Å². The van der Waals surface area contributed by atoms with Gasteiger partial charge in [-0.1, -0.05) is 0 Å². The molecule has 2 saturated heterocycles. The highest BCUT2D eigenvalue weighted by Crippen LogP contribution is 2.64. The van der Waals surface area contributed by atoms with E-state index in [1.165, 1.54) is 0 Å². The van der Waals surface area contributed by atoms with E-state index in [-0.39, 0.29) is 0 Å². The fourth-order valence-electron chi connectivity index (χ4n) is 1.23. The number of hydrogen-bond donors (Lipinski definition) is 0. The molecule has 0 bridgehead atoms. The van der Waals surface area contributed by atoms with Gasteiger partial charge in [0.2, 0.25) is 6.36 Å². The van der Waals surface area contributed by atoms with Gasteiger partial charge in [0.05, 0.1) is 25.2 Å². The summed E-state index contributed by atoms with van der Waals surface area (Å²) in [6, 6.07) is 0. The maximum atomic E-state index is 13.5. The van der Waals surface area contributed by atoms with Crippen LogP contribution in [0, 0.1) is 5.41 Å². The number of hydrogen-bond acceptors (Lipinski definition) is 6. The molecule has 0 N–H and O–H groups in total. The van der Waals surface area contributed by atoms with Crippen LogP contribution in [0.5, 0.6) is 0 Å². The van der Waals surface area contributed by atoms with Crippen LogP contribution in [0.25, 0.3) is 0 Å². The molecule has 0 aromatic heterocycles. The van der Waals surface area contributed by atoms with Gasteiger partial charge in [-0.25, -0.2) is 13.5 Å². The Morgan fingerprint density at radius 1 is 1.19 bits per heavy atom. The molecule has 2 heterocycles. The van der Waals surface area contributed by atoms with Crippen LogP contribution in [0.1, 0.15) is 0 Å². The molecule has 2 fully saturated rings. The van der Waals surface area contributed by atoms with Crippen molar-refractivity contribution in [3.63, 3.8) is 0 Å². The van der Waals surface area contributed by atoms with Crippen molar-refractivity contribution < 1.29 is 35.8 Å². The molecule has 0 aromatic carbocycles. The molecule has 2 aliphatic heterocycles. The van der Waals surface area contributed by atoms with Gasteiger partial charge < -0.3 is 0 Å². The van der Waals surface area contributed by atoms with E-state index in [2.05, 4.69) is 18.1 Å². The smallest absolute Gasteiger partial charge is 0.296 e. The summed E-state index contributed by atoms with van der Waals surface area (Å²) in [6.07, 6.45) is -2.11. The molecule has 0 radical (unpaired) electrons. The monoisotopic (exact) mass is 298 g/mol. The minimum Gasteiger partial charge on any atom is -0.296 e. The molecule has 2 atom stereocenters. The van der Waals surface area contributed by atoms with Crippen molar-refractivity contribution in [2.75, 3.05) is 19.8 Å². The quantitative estimate of drug-likeness (QED) is 0.640. The lowest BCUT2D eigenvalue weighted by atomic mass is 9.91. The second-order valence-electron chi connectivity index (χ2n) is 3.47. The summed E-state index contributed by atoms with van der Waals surface area (Å²) < 4.78 is 65.4. The average molecular weight is 299 g/mol. The molecular weight excluding hydrogens is 291 g/mol. The Hall–Kier alpha value is 0.450. The highest BCUT2D eigenvalue weighted by atomic mass is 35.7. The van der Waals surface area contributed by atoms with E-state index in [1.807, 2.05) is 0 Å². The standard InChI is InChI=1S/C5H7ClF2O6P2/c6-15(9)11-1-5(4(7)14-15)2-12-16(8,10)13-3-5/h4H,1-3H2. The van der Waals surface area contributed by atoms with Gasteiger partial charge >= 0.3 is 14.9 Å². The zero-order valence-corrected chi connectivity index (χ0v) is 10.2. The lowest BCUT2D eigenvalue weighted by molar-refractivity contribution is -0.162. The molecule has 1 spiro atoms. The molecule has 0 aliphatic carbocycles. The van der Waals surface area contributed by atoms with Crippen molar-refractivity contribution in [3.05, 3.63) is 0 Å². The van der Waals surface area contributed by atoms with Crippen molar-refractivity contribution in [1.29, 1.82) is 0 Å². The summed E-state index contributed by atoms with van der Waals surface area (Å²) >= 11 is 5.19. The van der Waals surface area contributed by atoms with E-state index >= 15 is 0 Å². The minimum atomic E-state index is -4.62. The zero-order valence-electron chi connectivity index (χ0n) is 7.68. The molecule has 2 aliphatic rings. The average Bonchev–Trinajstić information content (AvgIpc) is 2.15. The lowest BCUT2D eigenvalue weighted by Crippen LogP contribution is -2.49. The first-order valence-electron chi connectivity index (χ1n) is 4.10. The molecule has 16 heavy (non-hydrogen) atoms. The van der Waals surface area contributed by atoms with Crippen LogP contribution in [0.4, 0.5) is 8.59 Å². The molecule has 0 aromatic rings. The Kier molecular flexibility index (Phi) is 3.21. The predicted molar refractivity (Wildman–Crippen MR) is 48.4 cm³/mol. The van der Waals surface area contributed by atoms with Gasteiger partial charge in [0.25, 0.3) is 0 Å². The van der Waals surface area contributed by atoms with Gasteiger partial charge in [0.1, 0.15) is 0 Å². The van der Waals surface area contributed by atoms with Gasteiger partial charge in [-0.2, -0.15) is 0 Å². The van der Waals surface area contributed by atoms with Crippen molar-refractivity contribution in [2.24, 2.45) is 5.41 Å². The van der Waals surface area contributed by atoms with Crippen LogP contribution in [0.15, 0.2) is 0 Å². The highest BCUT2D eigenvalue weighted by Gasteiger charge is 2.55. The maximum absolute atomic E-state index is 13.5. The topological polar surface area (TPSA) is 71.1 Å². The number of alkyl halides is 1. The van der Waals surface area contributed by atoms with Crippen LogP contribution in [0.2, 0.25) is 0 Å². The van der Waals surface area contributed by atoms with Crippen molar-refractivity contribution in [1.82, 2.24) is 0 Å². The number of rotatable bonds is 0. The van der Waals surface area contributed by atoms with Crippen LogP contribution in [-0.4, -0.2) is 26.2 Å². The molecule has 6 nitrogen and oxygen atoms in total. The van der Waals surface area contributed by atoms with Crippen molar-refractivity contribution in [3.8, 4) is 0 Å². The predicted octanol–water partition coefficient (Wildman–Crippen LogP) is 2.79. The van der Waals surface area contributed by atoms with E-state index in [1.54, 1.807) is 0 Å². The van der Waals surface area contributed by atoms with Crippen molar-refractivity contribution >= 4 is 26.1 Å². The number of halogens is 3. The second kappa shape index (κ2) is 3.99. The van der Waals surface area contributed by atoms with Gasteiger partial charge in [0.15, 0.2) is 0 Å². The SMILES string of the molecule is O=P1(F)OCC2(CO1)COP(=O)(Cl)OC2F. The first-order chi connectivity index (χ1) is 7.25. The highest BCUT2D eigenvalue weighted by molar-refractivity contribution is 7.81. The maximum Gasteiger partial charge on any atom is 0.513 e. The van der Waals surface area contributed by atoms with Gasteiger partial charge in [0, 0.05) is 11.2 Å². The first-order valence-corrected chi connectivity index (χ1v) is 7.98. The molecule has 0 saturated carbocycles. The Morgan fingerprint density at radius 2 is 1.69 bits per heavy atom. The third kappa shape index (κ3) is 2.48. The molecule has 2 rings (SSSR count). The Bertz CT molecular complexity index is 371. The third-order valence-electron chi connectivity index (χ3n) is 2.22. The van der Waals surface area contributed by atoms with E-state index in [4.69, 9.17) is 11.2 Å². The molecule has 11 heteroatoms. The molecular formula is C5H7ClF2O6P2. The Balaban J connectivity index is 2.11. The van der Waals surface area contributed by atoms with Crippen LogP contribution in [-0.2, 0) is 27.2 Å². The second-order valence-corrected chi connectivity index (χ2v) is 7.42. The lowest BCUT2D eigenvalue weighted by Gasteiger charge is -2.41. The fourth-order valence-corrected chi connectivity index (χ4v) is 3.40.